The zero-order valence-corrected chi connectivity index (χ0v) is 16.1. The van der Waals surface area contributed by atoms with Gasteiger partial charge in [-0.15, -0.1) is 11.3 Å². The molecule has 2 aromatic heterocycles. The molecule has 3 amide bonds. The van der Waals surface area contributed by atoms with Crippen molar-refractivity contribution >= 4 is 23.3 Å². The van der Waals surface area contributed by atoms with Gasteiger partial charge in [0.2, 0.25) is 5.91 Å². The topological polar surface area (TPSA) is 77.6 Å². The van der Waals surface area contributed by atoms with Gasteiger partial charge in [-0.3, -0.25) is 24.9 Å². The first-order chi connectivity index (χ1) is 13.2. The molecule has 3 heterocycles. The Labute approximate surface area is 163 Å². The van der Waals surface area contributed by atoms with Gasteiger partial charge in [-0.05, 0) is 30.0 Å². The SMILES string of the molecule is O=C(CN1CCN(Cc2ccccn2)CC1)NC(=O)NCCc1cccs1. The summed E-state index contributed by atoms with van der Waals surface area (Å²) in [7, 11) is 0. The van der Waals surface area contributed by atoms with Crippen molar-refractivity contribution in [3.05, 3.63) is 52.5 Å². The lowest BCUT2D eigenvalue weighted by molar-refractivity contribution is -0.121. The first-order valence-corrected chi connectivity index (χ1v) is 10.0. The van der Waals surface area contributed by atoms with Crippen LogP contribution in [-0.4, -0.2) is 66.0 Å². The minimum Gasteiger partial charge on any atom is -0.337 e. The van der Waals surface area contributed by atoms with Crippen LogP contribution in [0.4, 0.5) is 4.79 Å². The molecule has 0 bridgehead atoms. The van der Waals surface area contributed by atoms with Crippen molar-refractivity contribution in [3.8, 4) is 0 Å². The summed E-state index contributed by atoms with van der Waals surface area (Å²) in [6.45, 7) is 4.98. The lowest BCUT2D eigenvalue weighted by Gasteiger charge is -2.33. The van der Waals surface area contributed by atoms with Crippen molar-refractivity contribution in [1.82, 2.24) is 25.4 Å². The molecular weight excluding hydrogens is 362 g/mol. The molecular formula is C19H25N5O2S. The third-order valence-electron chi connectivity index (χ3n) is 4.43. The molecule has 0 aliphatic carbocycles. The van der Waals surface area contributed by atoms with Gasteiger partial charge in [0.05, 0.1) is 12.2 Å². The van der Waals surface area contributed by atoms with Gasteiger partial charge in [-0.25, -0.2) is 4.79 Å². The van der Waals surface area contributed by atoms with Gasteiger partial charge < -0.3 is 5.32 Å². The zero-order valence-electron chi connectivity index (χ0n) is 15.3. The van der Waals surface area contributed by atoms with E-state index in [9.17, 15) is 9.59 Å². The maximum Gasteiger partial charge on any atom is 0.321 e. The number of nitrogens with one attached hydrogen (secondary N) is 2. The van der Waals surface area contributed by atoms with E-state index in [2.05, 4.69) is 25.4 Å². The van der Waals surface area contributed by atoms with Crippen LogP contribution in [0.5, 0.6) is 0 Å². The Bertz CT molecular complexity index is 715. The van der Waals surface area contributed by atoms with Crippen LogP contribution < -0.4 is 10.6 Å². The molecule has 0 unspecified atom stereocenters. The van der Waals surface area contributed by atoms with Crippen LogP contribution in [0.2, 0.25) is 0 Å². The number of carbonyl (C=O) groups excluding carboxylic acids is 2. The molecule has 0 radical (unpaired) electrons. The number of thiophene rings is 1. The number of pyridine rings is 1. The van der Waals surface area contributed by atoms with Gasteiger partial charge in [-0.2, -0.15) is 0 Å². The Hall–Kier alpha value is -2.29. The van der Waals surface area contributed by atoms with E-state index in [-0.39, 0.29) is 12.5 Å². The molecule has 144 valence electrons. The number of hydrogen-bond donors (Lipinski definition) is 2. The molecule has 0 saturated carbocycles. The maximum atomic E-state index is 12.1. The van der Waals surface area contributed by atoms with Gasteiger partial charge in [-0.1, -0.05) is 12.1 Å². The van der Waals surface area contributed by atoms with Crippen molar-refractivity contribution in [1.29, 1.82) is 0 Å². The van der Waals surface area contributed by atoms with Gasteiger partial charge >= 0.3 is 6.03 Å². The molecule has 7 nitrogen and oxygen atoms in total. The van der Waals surface area contributed by atoms with Crippen LogP contribution in [0.15, 0.2) is 41.9 Å². The van der Waals surface area contributed by atoms with Crippen LogP contribution in [-0.2, 0) is 17.8 Å². The molecule has 27 heavy (non-hydrogen) atoms. The first kappa shape index (κ1) is 19.5. The molecule has 2 N–H and O–H groups in total. The zero-order chi connectivity index (χ0) is 18.9. The summed E-state index contributed by atoms with van der Waals surface area (Å²) < 4.78 is 0. The van der Waals surface area contributed by atoms with Crippen LogP contribution in [0.3, 0.4) is 0 Å². The molecule has 8 heteroatoms. The average Bonchev–Trinajstić information content (AvgIpc) is 3.17. The Kier molecular flexibility index (Phi) is 7.32. The average molecular weight is 388 g/mol. The highest BCUT2D eigenvalue weighted by Gasteiger charge is 2.20. The number of hydrogen-bond acceptors (Lipinski definition) is 6. The number of nitrogens with zero attached hydrogens (tertiary/aromatic N) is 3. The number of carbonyl (C=O) groups is 2. The predicted molar refractivity (Wildman–Crippen MR) is 106 cm³/mol. The Morgan fingerprint density at radius 3 is 2.59 bits per heavy atom. The third kappa shape index (κ3) is 6.74. The van der Waals surface area contributed by atoms with E-state index in [1.807, 2.05) is 35.7 Å². The van der Waals surface area contributed by atoms with Gasteiger partial charge in [0.25, 0.3) is 0 Å². The van der Waals surface area contributed by atoms with Crippen molar-refractivity contribution in [2.45, 2.75) is 13.0 Å². The molecule has 0 atom stereocenters. The van der Waals surface area contributed by atoms with E-state index >= 15 is 0 Å². The summed E-state index contributed by atoms with van der Waals surface area (Å²) in [5, 5.41) is 7.14. The second-order valence-electron chi connectivity index (χ2n) is 6.51. The second kappa shape index (κ2) is 10.1. The number of urea groups is 1. The third-order valence-corrected chi connectivity index (χ3v) is 5.37. The summed E-state index contributed by atoms with van der Waals surface area (Å²) in [6.07, 6.45) is 2.58. The van der Waals surface area contributed by atoms with Crippen molar-refractivity contribution in [2.75, 3.05) is 39.3 Å². The molecule has 0 spiro atoms. The fourth-order valence-corrected chi connectivity index (χ4v) is 3.70. The van der Waals surface area contributed by atoms with Crippen LogP contribution in [0, 0.1) is 0 Å². The van der Waals surface area contributed by atoms with E-state index in [1.54, 1.807) is 17.5 Å². The molecule has 2 aromatic rings. The smallest absolute Gasteiger partial charge is 0.321 e. The number of piperazine rings is 1. The molecule has 3 rings (SSSR count). The Balaban J connectivity index is 1.30. The van der Waals surface area contributed by atoms with Gasteiger partial charge in [0, 0.05) is 50.3 Å². The number of aromatic nitrogens is 1. The van der Waals surface area contributed by atoms with Crippen LogP contribution in [0.1, 0.15) is 10.6 Å². The summed E-state index contributed by atoms with van der Waals surface area (Å²) in [5.41, 5.74) is 1.06. The minimum absolute atomic E-state index is 0.246. The van der Waals surface area contributed by atoms with E-state index in [4.69, 9.17) is 0 Å². The van der Waals surface area contributed by atoms with E-state index in [1.165, 1.54) is 4.88 Å². The molecule has 1 aliphatic rings. The first-order valence-electron chi connectivity index (χ1n) is 9.14. The Morgan fingerprint density at radius 2 is 1.89 bits per heavy atom. The summed E-state index contributed by atoms with van der Waals surface area (Å²) in [5.74, 6) is -0.262. The molecule has 0 aromatic carbocycles. The van der Waals surface area contributed by atoms with Gasteiger partial charge in [0.1, 0.15) is 0 Å². The highest BCUT2D eigenvalue weighted by molar-refractivity contribution is 7.09. The van der Waals surface area contributed by atoms with E-state index in [0.29, 0.717) is 6.54 Å². The lowest BCUT2D eigenvalue weighted by Crippen LogP contribution is -2.50. The summed E-state index contributed by atoms with van der Waals surface area (Å²) in [4.78, 5) is 33.8. The highest BCUT2D eigenvalue weighted by Crippen LogP contribution is 2.08. The largest absolute Gasteiger partial charge is 0.337 e. The Morgan fingerprint density at radius 1 is 1.07 bits per heavy atom. The quantitative estimate of drug-likeness (QED) is 0.750. The highest BCUT2D eigenvalue weighted by atomic mass is 32.1. The fourth-order valence-electron chi connectivity index (χ4n) is 2.99. The van der Waals surface area contributed by atoms with Gasteiger partial charge in [0.15, 0.2) is 0 Å². The summed E-state index contributed by atoms with van der Waals surface area (Å²) in [6, 6.07) is 9.53. The number of rotatable bonds is 7. The van der Waals surface area contributed by atoms with E-state index < -0.39 is 6.03 Å². The maximum absolute atomic E-state index is 12.1. The normalized spacial score (nSPS) is 15.4. The van der Waals surface area contributed by atoms with Crippen LogP contribution >= 0.6 is 11.3 Å². The van der Waals surface area contributed by atoms with Crippen molar-refractivity contribution in [2.24, 2.45) is 0 Å². The monoisotopic (exact) mass is 387 g/mol. The lowest BCUT2D eigenvalue weighted by atomic mass is 10.2. The van der Waals surface area contributed by atoms with Crippen LogP contribution in [0.25, 0.3) is 0 Å². The molecule has 1 aliphatic heterocycles. The number of amides is 3. The summed E-state index contributed by atoms with van der Waals surface area (Å²) >= 11 is 1.66. The fraction of sp³-hybridized carbons (Fsp3) is 0.421. The van der Waals surface area contributed by atoms with E-state index in [0.717, 1.165) is 44.8 Å². The minimum atomic E-state index is -0.426. The number of imide groups is 1. The van der Waals surface area contributed by atoms with Crippen molar-refractivity contribution in [3.63, 3.8) is 0 Å². The predicted octanol–water partition coefficient (Wildman–Crippen LogP) is 1.33. The standard InChI is InChI=1S/C19H25N5O2S/c25-18(22-19(26)21-8-6-17-5-3-13-27-17)15-24-11-9-23(10-12-24)14-16-4-1-2-7-20-16/h1-5,7,13H,6,8-12,14-15H2,(H2,21,22,25,26). The second-order valence-corrected chi connectivity index (χ2v) is 7.54. The molecule has 1 saturated heterocycles. The molecule has 1 fully saturated rings. The van der Waals surface area contributed by atoms with Crippen molar-refractivity contribution < 1.29 is 9.59 Å².